The van der Waals surface area contributed by atoms with Gasteiger partial charge < -0.3 is 14.8 Å². The third-order valence-corrected chi connectivity index (χ3v) is 6.68. The van der Waals surface area contributed by atoms with Gasteiger partial charge in [0.05, 0.1) is 11.7 Å². The highest BCUT2D eigenvalue weighted by atomic mass is 32.1. The van der Waals surface area contributed by atoms with Crippen molar-refractivity contribution in [1.29, 1.82) is 0 Å². The summed E-state index contributed by atoms with van der Waals surface area (Å²) >= 11 is 5.81. The third-order valence-electron chi connectivity index (χ3n) is 6.37. The fourth-order valence-electron chi connectivity index (χ4n) is 4.46. The van der Waals surface area contributed by atoms with E-state index < -0.39 is 0 Å². The number of benzene rings is 2. The van der Waals surface area contributed by atoms with E-state index in [0.29, 0.717) is 10.7 Å². The molecule has 1 fully saturated rings. The second-order valence-corrected chi connectivity index (χ2v) is 8.89. The number of pyridine rings is 1. The largest absolute Gasteiger partial charge is 0.351 e. The van der Waals surface area contributed by atoms with Crippen molar-refractivity contribution >= 4 is 23.0 Å². The Bertz CT molecular complexity index is 1330. The first kappa shape index (κ1) is 21.3. The molecule has 2 atom stereocenters. The van der Waals surface area contributed by atoms with Gasteiger partial charge in [0.25, 0.3) is 0 Å². The van der Waals surface area contributed by atoms with Crippen molar-refractivity contribution in [1.82, 2.24) is 14.9 Å². The van der Waals surface area contributed by atoms with E-state index >= 15 is 0 Å². The van der Waals surface area contributed by atoms with Crippen LogP contribution in [0.2, 0.25) is 0 Å². The second kappa shape index (κ2) is 8.45. The smallest absolute Gasteiger partial charge is 0.174 e. The number of nitrogens with one attached hydrogen (secondary N) is 1. The van der Waals surface area contributed by atoms with E-state index in [1.807, 2.05) is 24.3 Å². The number of hydrogen-bond donors (Lipinski definition) is 1. The molecule has 1 N–H and O–H groups in total. The lowest BCUT2D eigenvalue weighted by Crippen LogP contribution is -2.30. The normalized spacial score (nSPS) is 17.9. The molecule has 2 aromatic carbocycles. The monoisotopic (exact) mass is 456 g/mol. The van der Waals surface area contributed by atoms with Crippen LogP contribution in [0, 0.1) is 26.6 Å². The molecular formula is C27H25FN4S. The molecule has 4 aromatic rings. The number of halogens is 1. The van der Waals surface area contributed by atoms with Gasteiger partial charge in [-0.25, -0.2) is 4.39 Å². The number of thiocarbonyl (C=S) groups is 1. The highest BCUT2D eigenvalue weighted by molar-refractivity contribution is 7.80. The summed E-state index contributed by atoms with van der Waals surface area (Å²) in [7, 11) is 0. The minimum Gasteiger partial charge on any atom is -0.351 e. The van der Waals surface area contributed by atoms with Gasteiger partial charge in [0.1, 0.15) is 11.9 Å². The lowest BCUT2D eigenvalue weighted by atomic mass is 10.00. The van der Waals surface area contributed by atoms with Crippen molar-refractivity contribution in [2.45, 2.75) is 32.9 Å². The Labute approximate surface area is 198 Å². The van der Waals surface area contributed by atoms with Crippen LogP contribution in [0.4, 0.5) is 10.1 Å². The Hall–Kier alpha value is -3.51. The maximum atomic E-state index is 14.1. The molecule has 0 unspecified atom stereocenters. The molecule has 2 aromatic heterocycles. The average molecular weight is 457 g/mol. The summed E-state index contributed by atoms with van der Waals surface area (Å²) in [5.41, 5.74) is 6.99. The molecule has 0 aliphatic carbocycles. The van der Waals surface area contributed by atoms with Gasteiger partial charge in [-0.1, -0.05) is 12.1 Å². The van der Waals surface area contributed by atoms with Crippen LogP contribution in [0.25, 0.3) is 5.69 Å². The summed E-state index contributed by atoms with van der Waals surface area (Å²) in [4.78, 5) is 6.70. The first-order chi connectivity index (χ1) is 15.9. The first-order valence-corrected chi connectivity index (χ1v) is 11.4. The molecule has 6 heteroatoms. The SMILES string of the molecule is Cc1ccc(-n2cccc2[C@H]2[C@@H](c3ccccn3)NC(=S)N2c2ccc(F)c(C)c2)cc1C. The van der Waals surface area contributed by atoms with E-state index in [2.05, 4.69) is 70.1 Å². The Morgan fingerprint density at radius 2 is 1.67 bits per heavy atom. The first-order valence-electron chi connectivity index (χ1n) is 11.0. The molecule has 4 nitrogen and oxygen atoms in total. The summed E-state index contributed by atoms with van der Waals surface area (Å²) in [6.45, 7) is 6.01. The average Bonchev–Trinajstić information content (AvgIpc) is 3.42. The molecule has 3 heterocycles. The van der Waals surface area contributed by atoms with Crippen LogP contribution in [0.15, 0.2) is 79.1 Å². The van der Waals surface area contributed by atoms with Gasteiger partial charge in [0.15, 0.2) is 5.11 Å². The van der Waals surface area contributed by atoms with Crippen molar-refractivity contribution in [3.63, 3.8) is 0 Å². The van der Waals surface area contributed by atoms with Gasteiger partial charge in [-0.05, 0) is 104 Å². The summed E-state index contributed by atoms with van der Waals surface area (Å²) in [5, 5.41) is 4.07. The molecule has 5 rings (SSSR count). The van der Waals surface area contributed by atoms with E-state index in [1.54, 1.807) is 19.2 Å². The van der Waals surface area contributed by atoms with Gasteiger partial charge in [-0.2, -0.15) is 0 Å². The van der Waals surface area contributed by atoms with Crippen LogP contribution in [0.5, 0.6) is 0 Å². The maximum absolute atomic E-state index is 14.1. The Morgan fingerprint density at radius 1 is 0.879 bits per heavy atom. The maximum Gasteiger partial charge on any atom is 0.174 e. The number of nitrogens with zero attached hydrogens (tertiary/aromatic N) is 3. The van der Waals surface area contributed by atoms with Crippen molar-refractivity contribution < 1.29 is 4.39 Å². The fourth-order valence-corrected chi connectivity index (χ4v) is 4.80. The lowest BCUT2D eigenvalue weighted by molar-refractivity contribution is 0.549. The predicted molar refractivity (Wildman–Crippen MR) is 134 cm³/mol. The molecule has 0 spiro atoms. The van der Waals surface area contributed by atoms with Crippen molar-refractivity contribution in [2.24, 2.45) is 0 Å². The minimum atomic E-state index is -0.229. The van der Waals surface area contributed by atoms with Crippen LogP contribution in [0.3, 0.4) is 0 Å². The number of rotatable bonds is 4. The van der Waals surface area contributed by atoms with Crippen molar-refractivity contribution in [3.8, 4) is 5.69 Å². The summed E-state index contributed by atoms with van der Waals surface area (Å²) in [6, 6.07) is 21.3. The number of anilines is 1. The van der Waals surface area contributed by atoms with Gasteiger partial charge in [0.2, 0.25) is 0 Å². The van der Waals surface area contributed by atoms with Crippen LogP contribution in [-0.2, 0) is 0 Å². The zero-order valence-electron chi connectivity index (χ0n) is 18.8. The molecule has 0 bridgehead atoms. The van der Waals surface area contributed by atoms with Gasteiger partial charge >= 0.3 is 0 Å². The van der Waals surface area contributed by atoms with E-state index in [1.165, 1.54) is 17.2 Å². The lowest BCUT2D eigenvalue weighted by Gasteiger charge is -2.29. The van der Waals surface area contributed by atoms with Gasteiger partial charge in [0, 0.05) is 29.5 Å². The fraction of sp³-hybridized carbons (Fsp3) is 0.185. The highest BCUT2D eigenvalue weighted by Gasteiger charge is 2.42. The minimum absolute atomic E-state index is 0.163. The van der Waals surface area contributed by atoms with Crippen LogP contribution < -0.4 is 10.2 Å². The van der Waals surface area contributed by atoms with E-state index in [9.17, 15) is 4.39 Å². The van der Waals surface area contributed by atoms with Crippen molar-refractivity contribution in [3.05, 3.63) is 113 Å². The standard InChI is InChI=1S/C27H25FN4S/c1-17-9-10-20(15-18(17)2)31-14-6-8-24(31)26-25(23-7-4-5-13-29-23)30-27(33)32(26)21-11-12-22(28)19(3)16-21/h4-16,25-26H,1-3H3,(H,30,33)/t25-,26+/m1/s1. The number of aryl methyl sites for hydroxylation is 3. The molecule has 1 aliphatic rings. The van der Waals surface area contributed by atoms with Crippen LogP contribution in [-0.4, -0.2) is 14.7 Å². The quantitative estimate of drug-likeness (QED) is 0.376. The molecule has 166 valence electrons. The third kappa shape index (κ3) is 3.80. The molecule has 1 saturated heterocycles. The van der Waals surface area contributed by atoms with Crippen LogP contribution >= 0.6 is 12.2 Å². The molecule has 0 radical (unpaired) electrons. The molecule has 0 saturated carbocycles. The zero-order chi connectivity index (χ0) is 23.1. The Balaban J connectivity index is 1.68. The number of aromatic nitrogens is 2. The Kier molecular flexibility index (Phi) is 5.46. The molecule has 0 amide bonds. The predicted octanol–water partition coefficient (Wildman–Crippen LogP) is 6.11. The van der Waals surface area contributed by atoms with E-state index in [-0.39, 0.29) is 17.9 Å². The topological polar surface area (TPSA) is 33.1 Å². The van der Waals surface area contributed by atoms with Gasteiger partial charge in [-0.15, -0.1) is 0 Å². The second-order valence-electron chi connectivity index (χ2n) is 8.50. The van der Waals surface area contributed by atoms with Gasteiger partial charge in [-0.3, -0.25) is 4.98 Å². The number of hydrogen-bond acceptors (Lipinski definition) is 2. The van der Waals surface area contributed by atoms with E-state index in [4.69, 9.17) is 12.2 Å². The van der Waals surface area contributed by atoms with Crippen LogP contribution in [0.1, 0.15) is 40.2 Å². The molecule has 33 heavy (non-hydrogen) atoms. The highest BCUT2D eigenvalue weighted by Crippen LogP contribution is 2.42. The van der Waals surface area contributed by atoms with Crippen molar-refractivity contribution in [2.75, 3.05) is 4.90 Å². The Morgan fingerprint density at radius 3 is 2.39 bits per heavy atom. The van der Waals surface area contributed by atoms with E-state index in [0.717, 1.165) is 22.8 Å². The molecule has 1 aliphatic heterocycles. The summed E-state index contributed by atoms with van der Waals surface area (Å²) in [6.07, 6.45) is 3.87. The molecular weight excluding hydrogens is 431 g/mol. The zero-order valence-corrected chi connectivity index (χ0v) is 19.6. The summed E-state index contributed by atoms with van der Waals surface area (Å²) in [5.74, 6) is -0.229. The summed E-state index contributed by atoms with van der Waals surface area (Å²) < 4.78 is 16.3.